The zero-order chi connectivity index (χ0) is 32.8. The number of ether oxygens (including phenoxy) is 1. The van der Waals surface area contributed by atoms with Crippen molar-refractivity contribution in [3.05, 3.63) is 164 Å². The lowest BCUT2D eigenvalue weighted by Gasteiger charge is -2.20. The van der Waals surface area contributed by atoms with Crippen LogP contribution in [0.15, 0.2) is 174 Å². The summed E-state index contributed by atoms with van der Waals surface area (Å²) in [4.78, 5) is 7.61. The predicted octanol–water partition coefficient (Wildman–Crippen LogP) is 12.4. The molecule has 0 saturated carbocycles. The standard InChI is InChI=1S/C45H27N3OS/c1-2-11-29-26-31(22-20-28(29)10-1)47-37-15-5-3-12-32(37)34-23-24-35-33-13-4-6-16-38(33)48(45(35)44(34)47)43-19-9-14-36(46-43)30-21-25-42-40(27-30)49-39-17-7-8-18-41(39)50-42/h1-27H. The van der Waals surface area contributed by atoms with Gasteiger partial charge in [0.15, 0.2) is 0 Å². The van der Waals surface area contributed by atoms with Crippen LogP contribution in [0.2, 0.25) is 0 Å². The van der Waals surface area contributed by atoms with Crippen LogP contribution in [0.1, 0.15) is 0 Å². The van der Waals surface area contributed by atoms with E-state index in [1.807, 2.05) is 18.2 Å². The maximum absolute atomic E-state index is 6.36. The van der Waals surface area contributed by atoms with Gasteiger partial charge in [0, 0.05) is 32.8 Å². The summed E-state index contributed by atoms with van der Waals surface area (Å²) >= 11 is 1.74. The van der Waals surface area contributed by atoms with Crippen molar-refractivity contribution < 1.29 is 4.74 Å². The van der Waals surface area contributed by atoms with Gasteiger partial charge in [-0.3, -0.25) is 4.57 Å². The lowest BCUT2D eigenvalue weighted by molar-refractivity contribution is 0.455. The van der Waals surface area contributed by atoms with Gasteiger partial charge in [-0.15, -0.1) is 0 Å². The van der Waals surface area contributed by atoms with Crippen molar-refractivity contribution in [2.24, 2.45) is 0 Å². The molecule has 0 bridgehead atoms. The Bertz CT molecular complexity index is 3010. The number of hydrogen-bond donors (Lipinski definition) is 0. The van der Waals surface area contributed by atoms with E-state index in [0.717, 1.165) is 55.1 Å². The number of aromatic nitrogens is 3. The van der Waals surface area contributed by atoms with Gasteiger partial charge in [0.1, 0.15) is 17.3 Å². The number of hydrogen-bond acceptors (Lipinski definition) is 3. The van der Waals surface area contributed by atoms with Crippen LogP contribution in [-0.4, -0.2) is 14.1 Å². The number of benzene rings is 7. The van der Waals surface area contributed by atoms with Crippen molar-refractivity contribution in [3.63, 3.8) is 0 Å². The molecule has 0 atom stereocenters. The first kappa shape index (κ1) is 27.6. The fraction of sp³-hybridized carbons (Fsp3) is 0. The van der Waals surface area contributed by atoms with Gasteiger partial charge in [-0.1, -0.05) is 115 Å². The zero-order valence-corrected chi connectivity index (χ0v) is 27.6. The van der Waals surface area contributed by atoms with Crippen molar-refractivity contribution >= 4 is 66.1 Å². The van der Waals surface area contributed by atoms with Gasteiger partial charge in [-0.05, 0) is 71.4 Å². The summed E-state index contributed by atoms with van der Waals surface area (Å²) in [7, 11) is 0. The van der Waals surface area contributed by atoms with Gasteiger partial charge in [0.25, 0.3) is 0 Å². The highest BCUT2D eigenvalue weighted by molar-refractivity contribution is 7.99. The van der Waals surface area contributed by atoms with E-state index in [2.05, 4.69) is 155 Å². The summed E-state index contributed by atoms with van der Waals surface area (Å²) in [6.07, 6.45) is 0. The molecule has 0 fully saturated rings. The molecule has 5 heteroatoms. The SMILES string of the molecule is c1cc(-c2ccc3c(c2)Oc2ccccc2S3)nc(-n2c3ccccc3c3ccc4c5ccccc5n(-c5ccc6ccccc6c5)c4c32)c1. The molecule has 0 radical (unpaired) electrons. The predicted molar refractivity (Wildman–Crippen MR) is 206 cm³/mol. The Morgan fingerprint density at radius 3 is 1.98 bits per heavy atom. The fourth-order valence-corrected chi connectivity index (χ4v) is 8.65. The largest absolute Gasteiger partial charge is 0.455 e. The Labute approximate surface area is 291 Å². The quantitative estimate of drug-likeness (QED) is 0.189. The summed E-state index contributed by atoms with van der Waals surface area (Å²) in [6, 6.07) is 58.3. The van der Waals surface area contributed by atoms with Crippen molar-refractivity contribution in [3.8, 4) is 34.3 Å². The molecule has 0 saturated heterocycles. The van der Waals surface area contributed by atoms with E-state index in [-0.39, 0.29) is 0 Å². The zero-order valence-electron chi connectivity index (χ0n) is 26.7. The van der Waals surface area contributed by atoms with E-state index in [1.165, 1.54) is 43.4 Å². The molecule has 50 heavy (non-hydrogen) atoms. The number of rotatable bonds is 3. The van der Waals surface area contributed by atoms with Gasteiger partial charge in [-0.25, -0.2) is 4.98 Å². The smallest absolute Gasteiger partial charge is 0.142 e. The second-order valence-electron chi connectivity index (χ2n) is 12.8. The second-order valence-corrected chi connectivity index (χ2v) is 13.9. The van der Waals surface area contributed by atoms with Crippen LogP contribution in [0.25, 0.3) is 77.1 Å². The lowest BCUT2D eigenvalue weighted by atomic mass is 10.1. The van der Waals surface area contributed by atoms with Gasteiger partial charge in [0.2, 0.25) is 0 Å². The minimum Gasteiger partial charge on any atom is -0.455 e. The van der Waals surface area contributed by atoms with E-state index < -0.39 is 0 Å². The third-order valence-corrected chi connectivity index (χ3v) is 11.1. The highest BCUT2D eigenvalue weighted by Gasteiger charge is 2.23. The molecule has 1 aliphatic rings. The van der Waals surface area contributed by atoms with Crippen LogP contribution < -0.4 is 4.74 Å². The van der Waals surface area contributed by atoms with E-state index in [0.29, 0.717) is 0 Å². The van der Waals surface area contributed by atoms with Crippen LogP contribution in [0.3, 0.4) is 0 Å². The maximum Gasteiger partial charge on any atom is 0.142 e. The molecule has 1 aliphatic heterocycles. The molecule has 0 N–H and O–H groups in total. The van der Waals surface area contributed by atoms with Crippen molar-refractivity contribution in [1.82, 2.24) is 14.1 Å². The Hall–Kier alpha value is -6.30. The summed E-state index contributed by atoms with van der Waals surface area (Å²) in [5.41, 5.74) is 7.65. The number of nitrogens with zero attached hydrogens (tertiary/aromatic N) is 3. The molecular weight excluding hydrogens is 631 g/mol. The summed E-state index contributed by atoms with van der Waals surface area (Å²) in [6.45, 7) is 0. The average molecular weight is 658 g/mol. The molecule has 11 rings (SSSR count). The highest BCUT2D eigenvalue weighted by atomic mass is 32.2. The van der Waals surface area contributed by atoms with Crippen LogP contribution in [0, 0.1) is 0 Å². The van der Waals surface area contributed by atoms with E-state index in [4.69, 9.17) is 9.72 Å². The van der Waals surface area contributed by atoms with Crippen LogP contribution >= 0.6 is 11.8 Å². The van der Waals surface area contributed by atoms with E-state index >= 15 is 0 Å². The van der Waals surface area contributed by atoms with Crippen LogP contribution in [0.5, 0.6) is 11.5 Å². The molecule has 0 spiro atoms. The fourth-order valence-electron chi connectivity index (χ4n) is 7.72. The van der Waals surface area contributed by atoms with Gasteiger partial charge in [-0.2, -0.15) is 0 Å². The molecule has 0 aliphatic carbocycles. The first-order valence-electron chi connectivity index (χ1n) is 16.8. The van der Waals surface area contributed by atoms with Gasteiger partial charge < -0.3 is 9.30 Å². The highest BCUT2D eigenvalue weighted by Crippen LogP contribution is 2.48. The average Bonchev–Trinajstić information content (AvgIpc) is 3.70. The molecule has 0 unspecified atom stereocenters. The summed E-state index contributed by atoms with van der Waals surface area (Å²) in [5.74, 6) is 2.62. The first-order chi connectivity index (χ1) is 24.8. The van der Waals surface area contributed by atoms with Gasteiger partial charge in [0.05, 0.1) is 37.6 Å². The molecule has 4 nitrogen and oxygen atoms in total. The Morgan fingerprint density at radius 1 is 0.460 bits per heavy atom. The third kappa shape index (κ3) is 4.04. The Kier molecular flexibility index (Phi) is 5.86. The molecular formula is C45H27N3OS. The Balaban J connectivity index is 1.18. The second kappa shape index (κ2) is 10.6. The molecule has 10 aromatic rings. The molecule has 234 valence electrons. The van der Waals surface area contributed by atoms with Crippen molar-refractivity contribution in [2.45, 2.75) is 9.79 Å². The molecule has 4 heterocycles. The van der Waals surface area contributed by atoms with Crippen molar-refractivity contribution in [1.29, 1.82) is 0 Å². The third-order valence-electron chi connectivity index (χ3n) is 9.95. The van der Waals surface area contributed by atoms with Gasteiger partial charge >= 0.3 is 0 Å². The topological polar surface area (TPSA) is 32.0 Å². The minimum absolute atomic E-state index is 0.858. The Morgan fingerprint density at radius 2 is 1.14 bits per heavy atom. The monoisotopic (exact) mass is 657 g/mol. The molecule has 3 aromatic heterocycles. The number of pyridine rings is 1. The number of para-hydroxylation sites is 3. The summed E-state index contributed by atoms with van der Waals surface area (Å²) < 4.78 is 11.2. The lowest BCUT2D eigenvalue weighted by Crippen LogP contribution is -2.01. The van der Waals surface area contributed by atoms with Crippen LogP contribution in [-0.2, 0) is 0 Å². The van der Waals surface area contributed by atoms with Crippen LogP contribution in [0.4, 0.5) is 0 Å². The molecule has 0 amide bonds. The first-order valence-corrected chi connectivity index (χ1v) is 17.6. The number of fused-ring (bicyclic) bond motifs is 10. The van der Waals surface area contributed by atoms with Crippen molar-refractivity contribution in [2.75, 3.05) is 0 Å². The normalized spacial score (nSPS) is 12.5. The van der Waals surface area contributed by atoms with E-state index in [9.17, 15) is 0 Å². The molecule has 7 aromatic carbocycles. The summed E-state index contributed by atoms with van der Waals surface area (Å²) in [5, 5.41) is 7.28. The van der Waals surface area contributed by atoms with E-state index in [1.54, 1.807) is 11.8 Å². The minimum atomic E-state index is 0.858. The maximum atomic E-state index is 6.36.